The Hall–Kier alpha value is -1.36. The summed E-state index contributed by atoms with van der Waals surface area (Å²) in [5.41, 5.74) is 0. The number of fused-ring (bicyclic) bond motifs is 1. The van der Waals surface area contributed by atoms with E-state index in [-0.39, 0.29) is 0 Å². The molecule has 0 aliphatic carbocycles. The molecule has 0 bridgehead atoms. The van der Waals surface area contributed by atoms with Gasteiger partial charge in [0.15, 0.2) is 0 Å². The van der Waals surface area contributed by atoms with Crippen molar-refractivity contribution in [3.8, 4) is 0 Å². The molecule has 10 heteroatoms. The minimum Gasteiger partial charge on any atom is -0.451 e. The molecule has 0 radical (unpaired) electrons. The zero-order valence-electron chi connectivity index (χ0n) is 10.5. The molecule has 6 nitrogen and oxygen atoms in total. The van der Waals surface area contributed by atoms with Crippen LogP contribution >= 0.6 is 41.8 Å². The lowest BCUT2D eigenvalue weighted by atomic mass is 10.4. The second kappa shape index (κ2) is 6.88. The summed E-state index contributed by atoms with van der Waals surface area (Å²) in [4.78, 5) is 23.5. The molecule has 2 rings (SSSR count). The summed E-state index contributed by atoms with van der Waals surface area (Å²) in [6.45, 7) is 0. The molecule has 0 atom stereocenters. The van der Waals surface area contributed by atoms with Crippen LogP contribution in [0.1, 0.15) is 0 Å². The summed E-state index contributed by atoms with van der Waals surface area (Å²) in [5.74, 6) is 0. The van der Waals surface area contributed by atoms with Gasteiger partial charge in [-0.2, -0.15) is 0 Å². The van der Waals surface area contributed by atoms with Gasteiger partial charge in [0, 0.05) is 21.1 Å². The molecule has 2 aromatic rings. The molecule has 1 aromatic heterocycles. The second-order valence-electron chi connectivity index (χ2n) is 3.25. The van der Waals surface area contributed by atoms with E-state index in [0.29, 0.717) is 0 Å². The number of carbonyl (C=O) groups is 2. The zero-order chi connectivity index (χ0) is 14.5. The molecule has 0 unspecified atom stereocenters. The maximum Gasteiger partial charge on any atom is 0.444 e. The van der Waals surface area contributed by atoms with Crippen LogP contribution in [0.2, 0.25) is 0 Å². The van der Waals surface area contributed by atoms with E-state index < -0.39 is 12.2 Å². The Balaban J connectivity index is 2.76. The highest BCUT2D eigenvalue weighted by Gasteiger charge is 2.14. The summed E-state index contributed by atoms with van der Waals surface area (Å²) in [6, 6.07) is 7.73. The van der Waals surface area contributed by atoms with Crippen LogP contribution in [-0.2, 0) is 9.47 Å². The third kappa shape index (κ3) is 3.20. The first kappa shape index (κ1) is 15.0. The highest BCUT2D eigenvalue weighted by atomic mass is 32.9. The molecule has 20 heavy (non-hydrogen) atoms. The van der Waals surface area contributed by atoms with Gasteiger partial charge in [0.1, 0.15) is 0 Å². The average Bonchev–Trinajstić information content (AvgIpc) is 2.47. The van der Waals surface area contributed by atoms with E-state index in [1.807, 2.05) is 24.3 Å². The smallest absolute Gasteiger partial charge is 0.444 e. The van der Waals surface area contributed by atoms with Gasteiger partial charge in [-0.15, -0.1) is 8.14 Å². The van der Waals surface area contributed by atoms with Crippen LogP contribution in [0.15, 0.2) is 24.3 Å². The van der Waals surface area contributed by atoms with Crippen molar-refractivity contribution < 1.29 is 19.1 Å². The van der Waals surface area contributed by atoms with Gasteiger partial charge in [-0.05, 0) is 12.1 Å². The first-order chi connectivity index (χ1) is 9.67. The predicted molar refractivity (Wildman–Crippen MR) is 82.3 cm³/mol. The van der Waals surface area contributed by atoms with Gasteiger partial charge >= 0.3 is 12.2 Å². The Morgan fingerprint density at radius 1 is 0.900 bits per heavy atom. The number of methoxy groups -OCH3 is 2. The maximum atomic E-state index is 11.8. The first-order valence-corrected chi connectivity index (χ1v) is 9.43. The van der Waals surface area contributed by atoms with Crippen molar-refractivity contribution in [1.29, 1.82) is 0 Å². The number of aromatic nitrogens is 2. The number of carbonyl (C=O) groups excluding carboxylic acids is 2. The molecular weight excluding hydrogens is 340 g/mol. The van der Waals surface area contributed by atoms with Crippen molar-refractivity contribution >= 4 is 63.3 Å². The molecular formula is C10H10N2O4S4. The van der Waals surface area contributed by atoms with E-state index in [1.165, 1.54) is 34.9 Å². The lowest BCUT2D eigenvalue weighted by Gasteiger charge is -2.07. The predicted octanol–water partition coefficient (Wildman–Crippen LogP) is 4.17. The molecule has 0 aliphatic rings. The summed E-state index contributed by atoms with van der Waals surface area (Å²) in [5, 5.41) is 0. The van der Waals surface area contributed by atoms with E-state index in [9.17, 15) is 9.59 Å². The van der Waals surface area contributed by atoms with Gasteiger partial charge in [0.05, 0.1) is 23.6 Å². The summed E-state index contributed by atoms with van der Waals surface area (Å²) in [7, 11) is 7.43. The van der Waals surface area contributed by atoms with Crippen molar-refractivity contribution in [3.05, 3.63) is 24.3 Å². The van der Waals surface area contributed by atoms with Crippen molar-refractivity contribution in [2.75, 3.05) is 14.2 Å². The number of benzene rings is 1. The lowest BCUT2D eigenvalue weighted by molar-refractivity contribution is 0.155. The molecule has 1 aromatic carbocycles. The van der Waals surface area contributed by atoms with Crippen LogP contribution in [0.4, 0.5) is 9.59 Å². The minimum absolute atomic E-state index is 0.652. The van der Waals surface area contributed by atoms with E-state index >= 15 is 0 Å². The first-order valence-electron chi connectivity index (χ1n) is 5.21. The Morgan fingerprint density at radius 3 is 1.65 bits per heavy atom. The minimum atomic E-state index is -0.652. The molecule has 0 spiro atoms. The van der Waals surface area contributed by atoms with Crippen LogP contribution < -0.4 is 0 Å². The maximum absolute atomic E-state index is 11.8. The number of hydrogen-bond acceptors (Lipinski definition) is 8. The van der Waals surface area contributed by atoms with E-state index in [2.05, 4.69) is 9.47 Å². The highest BCUT2D eigenvalue weighted by molar-refractivity contribution is 7.73. The van der Waals surface area contributed by atoms with Crippen LogP contribution in [0.25, 0.3) is 9.40 Å². The van der Waals surface area contributed by atoms with Crippen molar-refractivity contribution in [3.63, 3.8) is 0 Å². The Kier molecular flexibility index (Phi) is 5.17. The largest absolute Gasteiger partial charge is 0.451 e. The molecule has 0 amide bonds. The SMILES string of the molecule is COC(=O)n1ssc2ccccc2ssn1C(=O)OC. The van der Waals surface area contributed by atoms with Gasteiger partial charge < -0.3 is 9.47 Å². The molecule has 0 saturated carbocycles. The molecule has 0 saturated heterocycles. The van der Waals surface area contributed by atoms with Crippen LogP contribution in [0.3, 0.4) is 0 Å². The topological polar surface area (TPSA) is 62.5 Å². The third-order valence-electron chi connectivity index (χ3n) is 2.07. The van der Waals surface area contributed by atoms with E-state index in [4.69, 9.17) is 0 Å². The van der Waals surface area contributed by atoms with Gasteiger partial charge in [0.25, 0.3) is 0 Å². The number of hydrogen-bond donors (Lipinski definition) is 0. The molecule has 0 N–H and O–H groups in total. The molecule has 108 valence electrons. The van der Waals surface area contributed by atoms with Crippen molar-refractivity contribution in [2.45, 2.75) is 0 Å². The monoisotopic (exact) mass is 350 g/mol. The Morgan fingerprint density at radius 2 is 1.30 bits per heavy atom. The van der Waals surface area contributed by atoms with Crippen molar-refractivity contribution in [2.24, 2.45) is 0 Å². The fourth-order valence-electron chi connectivity index (χ4n) is 1.16. The van der Waals surface area contributed by atoms with Crippen LogP contribution in [0, 0.1) is 0 Å². The van der Waals surface area contributed by atoms with Crippen LogP contribution in [-0.4, -0.2) is 34.5 Å². The number of rotatable bonds is 0. The molecule has 1 heterocycles. The second-order valence-corrected chi connectivity index (χ2v) is 7.35. The third-order valence-corrected chi connectivity index (χ3v) is 6.80. The Bertz CT molecular complexity index is 650. The summed E-state index contributed by atoms with van der Waals surface area (Å²) < 4.78 is 13.6. The average molecular weight is 350 g/mol. The highest BCUT2D eigenvalue weighted by Crippen LogP contribution is 2.24. The van der Waals surface area contributed by atoms with Gasteiger partial charge in [0.2, 0.25) is 0 Å². The van der Waals surface area contributed by atoms with E-state index in [0.717, 1.165) is 38.6 Å². The van der Waals surface area contributed by atoms with Gasteiger partial charge in [-0.1, -0.05) is 32.8 Å². The quantitative estimate of drug-likeness (QED) is 0.669. The van der Waals surface area contributed by atoms with Crippen LogP contribution in [0.5, 0.6) is 0 Å². The number of nitrogens with zero attached hydrogens (tertiary/aromatic N) is 2. The molecule has 0 aliphatic heterocycles. The van der Waals surface area contributed by atoms with Gasteiger partial charge in [-0.25, -0.2) is 9.59 Å². The fraction of sp³-hybridized carbons (Fsp3) is 0.200. The number of ether oxygens (including phenoxy) is 2. The Labute approximate surface area is 129 Å². The molecule has 0 fully saturated rings. The fourth-order valence-corrected chi connectivity index (χ4v) is 6.12. The van der Waals surface area contributed by atoms with E-state index in [1.54, 1.807) is 0 Å². The zero-order valence-corrected chi connectivity index (χ0v) is 13.7. The normalized spacial score (nSPS) is 9.90. The van der Waals surface area contributed by atoms with Crippen molar-refractivity contribution in [1.82, 2.24) is 8.14 Å². The van der Waals surface area contributed by atoms with Gasteiger partial charge in [-0.3, -0.25) is 0 Å². The lowest BCUT2D eigenvalue weighted by Crippen LogP contribution is -2.24. The summed E-state index contributed by atoms with van der Waals surface area (Å²) >= 11 is 0. The standard InChI is InChI=1S/C10H10N2O4S4/c1-15-9(13)11-12(10(14)16-2)20-18-8-6-4-3-5-7(8)17-19-11/h3-6H,1-2H3. The summed E-state index contributed by atoms with van der Waals surface area (Å²) in [6.07, 6.45) is -1.30.